The average molecular weight is 186 g/mol. The van der Waals surface area contributed by atoms with E-state index in [1.54, 1.807) is 0 Å². The van der Waals surface area contributed by atoms with Gasteiger partial charge in [-0.2, -0.15) is 5.26 Å². The van der Waals surface area contributed by atoms with E-state index in [1.807, 2.05) is 0 Å². The van der Waals surface area contributed by atoms with Crippen molar-refractivity contribution in [1.82, 2.24) is 0 Å². The molecule has 0 unspecified atom stereocenters. The Morgan fingerprint density at radius 1 is 1.31 bits per heavy atom. The van der Waals surface area contributed by atoms with E-state index in [0.717, 1.165) is 12.1 Å². The Bertz CT molecular complexity index is 369. The van der Waals surface area contributed by atoms with Crippen LogP contribution in [0.5, 0.6) is 5.75 Å². The van der Waals surface area contributed by atoms with Crippen molar-refractivity contribution in [2.75, 3.05) is 0 Å². The van der Waals surface area contributed by atoms with Crippen molar-refractivity contribution in [2.24, 2.45) is 0 Å². The van der Waals surface area contributed by atoms with Gasteiger partial charge in [0, 0.05) is 5.56 Å². The molecule has 0 aliphatic heterocycles. The summed E-state index contributed by atoms with van der Waals surface area (Å²) in [5, 5.41) is 17.1. The van der Waals surface area contributed by atoms with Crippen LogP contribution in [0.1, 0.15) is 5.56 Å². The molecule has 1 rings (SSSR count). The number of hydrogen-bond acceptors (Lipinski definition) is 2. The van der Waals surface area contributed by atoms with Gasteiger partial charge in [-0.05, 0) is 18.2 Å². The molecule has 0 saturated heterocycles. The Hall–Kier alpha value is -1.64. The molecule has 0 saturated carbocycles. The van der Waals surface area contributed by atoms with Gasteiger partial charge in [0.1, 0.15) is 5.75 Å². The van der Waals surface area contributed by atoms with Gasteiger partial charge >= 0.3 is 6.98 Å². The molecule has 0 radical (unpaired) electrons. The monoisotopic (exact) mass is 186 g/mol. The van der Waals surface area contributed by atoms with Crippen LogP contribution in [0.15, 0.2) is 18.2 Å². The molecular formula is C7H4BF3NO-. The van der Waals surface area contributed by atoms with E-state index in [-0.39, 0.29) is 0 Å². The fourth-order valence-electron chi connectivity index (χ4n) is 0.923. The first-order chi connectivity index (χ1) is 5.95. The van der Waals surface area contributed by atoms with Gasteiger partial charge < -0.3 is 18.1 Å². The van der Waals surface area contributed by atoms with Crippen molar-refractivity contribution in [3.05, 3.63) is 23.8 Å². The molecule has 6 heteroatoms. The van der Waals surface area contributed by atoms with Crippen LogP contribution in [0.2, 0.25) is 0 Å². The lowest BCUT2D eigenvalue weighted by atomic mass is 9.77. The molecule has 13 heavy (non-hydrogen) atoms. The number of nitrogens with zero attached hydrogens (tertiary/aromatic N) is 1. The zero-order chi connectivity index (χ0) is 10.1. The molecule has 0 fully saturated rings. The molecule has 0 aromatic heterocycles. The second kappa shape index (κ2) is 3.01. The molecule has 0 amide bonds. The summed E-state index contributed by atoms with van der Waals surface area (Å²) in [5.74, 6) is -0.492. The van der Waals surface area contributed by atoms with Gasteiger partial charge in [0.25, 0.3) is 0 Å². The van der Waals surface area contributed by atoms with E-state index < -0.39 is 23.8 Å². The van der Waals surface area contributed by atoms with Crippen LogP contribution < -0.4 is 5.46 Å². The zero-order valence-corrected chi connectivity index (χ0v) is 6.34. The minimum atomic E-state index is -5.24. The molecule has 1 aromatic carbocycles. The van der Waals surface area contributed by atoms with E-state index in [2.05, 4.69) is 0 Å². The van der Waals surface area contributed by atoms with E-state index in [1.165, 1.54) is 6.07 Å². The maximum Gasteiger partial charge on any atom is 0.511 e. The quantitative estimate of drug-likeness (QED) is 0.672. The normalized spacial score (nSPS) is 10.9. The Balaban J connectivity index is 3.35. The molecule has 2 nitrogen and oxygen atoms in total. The van der Waals surface area contributed by atoms with Crippen molar-refractivity contribution in [1.29, 1.82) is 5.26 Å². The molecule has 0 atom stereocenters. The van der Waals surface area contributed by atoms with Gasteiger partial charge in [-0.15, -0.1) is 0 Å². The van der Waals surface area contributed by atoms with Gasteiger partial charge in [-0.1, -0.05) is 5.46 Å². The maximum absolute atomic E-state index is 12.2. The Morgan fingerprint density at radius 3 is 2.38 bits per heavy atom. The average Bonchev–Trinajstić information content (AvgIpc) is 2.03. The summed E-state index contributed by atoms with van der Waals surface area (Å²) in [7, 11) is 0. The van der Waals surface area contributed by atoms with Crippen molar-refractivity contribution in [2.45, 2.75) is 0 Å². The lowest BCUT2D eigenvalue weighted by molar-refractivity contribution is 0.472. The maximum atomic E-state index is 12.2. The summed E-state index contributed by atoms with van der Waals surface area (Å²) in [6, 6.07) is 3.96. The SMILES string of the molecule is N#Cc1ccc(O)cc1[B-](F)(F)F. The Morgan fingerprint density at radius 2 is 1.92 bits per heavy atom. The number of nitriles is 1. The number of aromatic hydroxyl groups is 1. The van der Waals surface area contributed by atoms with Crippen molar-refractivity contribution < 1.29 is 18.1 Å². The Labute approximate surface area is 72.3 Å². The van der Waals surface area contributed by atoms with Crippen molar-refractivity contribution >= 4 is 12.4 Å². The third-order valence-corrected chi connectivity index (χ3v) is 1.51. The van der Waals surface area contributed by atoms with Crippen LogP contribution >= 0.6 is 0 Å². The van der Waals surface area contributed by atoms with Crippen LogP contribution in [-0.4, -0.2) is 12.1 Å². The first-order valence-corrected chi connectivity index (χ1v) is 3.38. The first-order valence-electron chi connectivity index (χ1n) is 3.38. The van der Waals surface area contributed by atoms with E-state index in [0.29, 0.717) is 6.07 Å². The molecule has 68 valence electrons. The molecule has 1 aromatic rings. The van der Waals surface area contributed by atoms with Gasteiger partial charge in [0.15, 0.2) is 0 Å². The summed E-state index contributed by atoms with van der Waals surface area (Å²) < 4.78 is 36.6. The second-order valence-corrected chi connectivity index (χ2v) is 2.46. The zero-order valence-electron chi connectivity index (χ0n) is 6.34. The molecule has 0 bridgehead atoms. The first kappa shape index (κ1) is 9.45. The predicted molar refractivity (Wildman–Crippen MR) is 41.5 cm³/mol. The summed E-state index contributed by atoms with van der Waals surface area (Å²) in [5.41, 5.74) is -1.52. The highest BCUT2D eigenvalue weighted by Gasteiger charge is 2.28. The largest absolute Gasteiger partial charge is 0.511 e. The summed E-state index contributed by atoms with van der Waals surface area (Å²) in [6.07, 6.45) is 0. The highest BCUT2D eigenvalue weighted by molar-refractivity contribution is 6.74. The van der Waals surface area contributed by atoms with Crippen LogP contribution in [-0.2, 0) is 0 Å². The van der Waals surface area contributed by atoms with E-state index in [9.17, 15) is 12.9 Å². The number of halogens is 3. The second-order valence-electron chi connectivity index (χ2n) is 2.46. The molecular weight excluding hydrogens is 182 g/mol. The Kier molecular flexibility index (Phi) is 2.19. The highest BCUT2D eigenvalue weighted by Crippen LogP contribution is 2.15. The van der Waals surface area contributed by atoms with Crippen LogP contribution in [0.4, 0.5) is 12.9 Å². The minimum absolute atomic E-state index is 0.467. The lowest BCUT2D eigenvalue weighted by Gasteiger charge is -2.16. The molecule has 0 aliphatic rings. The van der Waals surface area contributed by atoms with Crippen LogP contribution in [0.3, 0.4) is 0 Å². The standard InChI is InChI=1S/C7H4BF3NO/c9-8(10,11)7-3-6(13)2-1-5(7)4-12/h1-3,13H/q-1. The number of benzene rings is 1. The van der Waals surface area contributed by atoms with Gasteiger partial charge in [-0.3, -0.25) is 0 Å². The van der Waals surface area contributed by atoms with Crippen LogP contribution in [0, 0.1) is 11.3 Å². The lowest BCUT2D eigenvalue weighted by Crippen LogP contribution is -2.36. The molecule has 0 spiro atoms. The van der Waals surface area contributed by atoms with E-state index >= 15 is 0 Å². The number of hydrogen-bond donors (Lipinski definition) is 1. The van der Waals surface area contributed by atoms with E-state index in [4.69, 9.17) is 10.4 Å². The third kappa shape index (κ3) is 1.93. The number of rotatable bonds is 1. The fourth-order valence-corrected chi connectivity index (χ4v) is 0.923. The highest BCUT2D eigenvalue weighted by atomic mass is 19.4. The molecule has 0 heterocycles. The van der Waals surface area contributed by atoms with Gasteiger partial charge in [0.05, 0.1) is 6.07 Å². The summed E-state index contributed by atoms with van der Waals surface area (Å²) >= 11 is 0. The van der Waals surface area contributed by atoms with Crippen LogP contribution in [0.25, 0.3) is 0 Å². The van der Waals surface area contributed by atoms with Crippen molar-refractivity contribution in [3.63, 3.8) is 0 Å². The minimum Gasteiger partial charge on any atom is -0.508 e. The van der Waals surface area contributed by atoms with Crippen molar-refractivity contribution in [3.8, 4) is 11.8 Å². The molecule has 1 N–H and O–H groups in total. The topological polar surface area (TPSA) is 44.0 Å². The molecule has 0 aliphatic carbocycles. The summed E-state index contributed by atoms with van der Waals surface area (Å²) in [4.78, 5) is 0. The fraction of sp³-hybridized carbons (Fsp3) is 0. The van der Waals surface area contributed by atoms with Gasteiger partial charge in [0.2, 0.25) is 0 Å². The smallest absolute Gasteiger partial charge is 0.508 e. The number of phenols is 1. The number of phenolic OH excluding ortho intramolecular Hbond substituents is 1. The third-order valence-electron chi connectivity index (χ3n) is 1.51. The summed E-state index contributed by atoms with van der Waals surface area (Å²) in [6.45, 7) is -5.24. The van der Waals surface area contributed by atoms with Gasteiger partial charge in [-0.25, -0.2) is 0 Å². The predicted octanol–water partition coefficient (Wildman–Crippen LogP) is 1.32.